The number of fused-ring (bicyclic) bond motifs is 1. The van der Waals surface area contributed by atoms with Crippen molar-refractivity contribution in [2.75, 3.05) is 10.6 Å². The van der Waals surface area contributed by atoms with E-state index in [4.69, 9.17) is 9.97 Å². The zero-order chi connectivity index (χ0) is 22.5. The summed E-state index contributed by atoms with van der Waals surface area (Å²) in [6, 6.07) is 31.0. The molecule has 5 aromatic rings. The van der Waals surface area contributed by atoms with Gasteiger partial charge in [-0.15, -0.1) is 0 Å². The Morgan fingerprint density at radius 1 is 0.788 bits per heavy atom. The highest BCUT2D eigenvalue weighted by Crippen LogP contribution is 2.26. The normalized spacial score (nSPS) is 11.9. The van der Waals surface area contributed by atoms with Gasteiger partial charge < -0.3 is 10.6 Å². The average Bonchev–Trinajstić information content (AvgIpc) is 3.27. The van der Waals surface area contributed by atoms with Gasteiger partial charge >= 0.3 is 0 Å². The Morgan fingerprint density at radius 2 is 1.42 bits per heavy atom. The molecule has 6 nitrogen and oxygen atoms in total. The predicted octanol–water partition coefficient (Wildman–Crippen LogP) is 5.66. The topological polar surface area (TPSA) is 67.7 Å². The molecule has 6 heteroatoms. The molecule has 0 fully saturated rings. The van der Waals surface area contributed by atoms with E-state index in [1.54, 1.807) is 0 Å². The number of anilines is 2. The number of benzene rings is 3. The van der Waals surface area contributed by atoms with Gasteiger partial charge in [0.1, 0.15) is 5.82 Å². The van der Waals surface area contributed by atoms with Crippen LogP contribution in [0, 0.1) is 0 Å². The Morgan fingerprint density at radius 3 is 2.12 bits per heavy atom. The van der Waals surface area contributed by atoms with Crippen molar-refractivity contribution in [1.82, 2.24) is 19.7 Å². The van der Waals surface area contributed by atoms with Crippen LogP contribution in [-0.4, -0.2) is 19.7 Å². The van der Waals surface area contributed by atoms with Gasteiger partial charge in [-0.2, -0.15) is 15.1 Å². The van der Waals surface area contributed by atoms with E-state index < -0.39 is 0 Å². The summed E-state index contributed by atoms with van der Waals surface area (Å²) in [5.41, 5.74) is 4.34. The summed E-state index contributed by atoms with van der Waals surface area (Å²) in [4.78, 5) is 9.64. The van der Waals surface area contributed by atoms with Crippen LogP contribution in [0.15, 0.2) is 97.2 Å². The number of rotatable bonds is 8. The molecule has 2 aromatic heterocycles. The molecule has 0 aliphatic heterocycles. The number of nitrogens with zero attached hydrogens (tertiary/aromatic N) is 4. The predicted molar refractivity (Wildman–Crippen MR) is 133 cm³/mol. The quantitative estimate of drug-likeness (QED) is 0.330. The summed E-state index contributed by atoms with van der Waals surface area (Å²) in [6.07, 6.45) is 1.85. The van der Waals surface area contributed by atoms with E-state index in [0.29, 0.717) is 19.0 Å². The van der Waals surface area contributed by atoms with E-state index in [2.05, 4.69) is 59.1 Å². The highest BCUT2D eigenvalue weighted by atomic mass is 15.3. The first-order chi connectivity index (χ1) is 16.3. The highest BCUT2D eigenvalue weighted by molar-refractivity contribution is 5.87. The summed E-state index contributed by atoms with van der Waals surface area (Å²) < 4.78 is 1.93. The molecule has 2 N–H and O–H groups in total. The highest BCUT2D eigenvalue weighted by Gasteiger charge is 2.16. The molecule has 5 rings (SSSR count). The van der Waals surface area contributed by atoms with Crippen molar-refractivity contribution in [3.63, 3.8) is 0 Å². The van der Waals surface area contributed by atoms with E-state index in [0.717, 1.165) is 16.9 Å². The molecule has 0 bridgehead atoms. The van der Waals surface area contributed by atoms with Gasteiger partial charge in [-0.1, -0.05) is 91.0 Å². The SMILES string of the molecule is CC(Nc1nc(NCc2ccccc2)nc2c1cnn2Cc1ccccc1)c1ccccc1. The van der Waals surface area contributed by atoms with Crippen LogP contribution < -0.4 is 10.6 Å². The average molecular weight is 435 g/mol. The van der Waals surface area contributed by atoms with E-state index in [-0.39, 0.29) is 6.04 Å². The first-order valence-corrected chi connectivity index (χ1v) is 11.1. The lowest BCUT2D eigenvalue weighted by Gasteiger charge is -2.16. The number of hydrogen-bond acceptors (Lipinski definition) is 5. The minimum absolute atomic E-state index is 0.0868. The zero-order valence-electron chi connectivity index (χ0n) is 18.5. The number of aromatic nitrogens is 4. The van der Waals surface area contributed by atoms with Crippen molar-refractivity contribution in [3.05, 3.63) is 114 Å². The molecule has 164 valence electrons. The summed E-state index contributed by atoms with van der Waals surface area (Å²) in [6.45, 7) is 3.43. The van der Waals surface area contributed by atoms with Crippen molar-refractivity contribution in [1.29, 1.82) is 0 Å². The standard InChI is InChI=1S/C27H26N6/c1-20(23-15-9-4-10-16-23)30-25-24-18-29-33(19-22-13-7-3-8-14-22)26(24)32-27(31-25)28-17-21-11-5-2-6-12-21/h2-16,18,20H,17,19H2,1H3,(H2,28,30,31,32). The summed E-state index contributed by atoms with van der Waals surface area (Å²) in [7, 11) is 0. The molecule has 3 aromatic carbocycles. The van der Waals surface area contributed by atoms with Crippen LogP contribution in [0.2, 0.25) is 0 Å². The monoisotopic (exact) mass is 434 g/mol. The minimum atomic E-state index is 0.0868. The second kappa shape index (κ2) is 9.53. The molecule has 0 saturated carbocycles. The Bertz CT molecular complexity index is 1320. The molecule has 0 spiro atoms. The molecule has 33 heavy (non-hydrogen) atoms. The van der Waals surface area contributed by atoms with Gasteiger partial charge in [-0.05, 0) is 23.6 Å². The fourth-order valence-corrected chi connectivity index (χ4v) is 3.82. The molecule has 0 aliphatic carbocycles. The largest absolute Gasteiger partial charge is 0.363 e. The van der Waals surface area contributed by atoms with E-state index >= 15 is 0 Å². The first-order valence-electron chi connectivity index (χ1n) is 11.1. The van der Waals surface area contributed by atoms with Gasteiger partial charge in [0.05, 0.1) is 18.1 Å². The van der Waals surface area contributed by atoms with Gasteiger partial charge in [-0.3, -0.25) is 0 Å². The minimum Gasteiger partial charge on any atom is -0.363 e. The maximum absolute atomic E-state index is 4.83. The second-order valence-electron chi connectivity index (χ2n) is 8.04. The fourth-order valence-electron chi connectivity index (χ4n) is 3.82. The van der Waals surface area contributed by atoms with Gasteiger partial charge in [0.2, 0.25) is 5.95 Å². The Kier molecular flexibility index (Phi) is 5.97. The number of hydrogen-bond donors (Lipinski definition) is 2. The summed E-state index contributed by atoms with van der Waals surface area (Å²) in [5, 5.41) is 12.5. The van der Waals surface area contributed by atoms with Crippen LogP contribution in [0.3, 0.4) is 0 Å². The Balaban J connectivity index is 1.49. The van der Waals surface area contributed by atoms with Crippen molar-refractivity contribution < 1.29 is 0 Å². The van der Waals surface area contributed by atoms with Crippen LogP contribution in [0.5, 0.6) is 0 Å². The van der Waals surface area contributed by atoms with Crippen molar-refractivity contribution in [2.24, 2.45) is 0 Å². The van der Waals surface area contributed by atoms with Crippen molar-refractivity contribution >= 4 is 22.8 Å². The molecule has 1 unspecified atom stereocenters. The molecule has 1 atom stereocenters. The van der Waals surface area contributed by atoms with Gasteiger partial charge in [-0.25, -0.2) is 4.68 Å². The summed E-state index contributed by atoms with van der Waals surface area (Å²) in [5.74, 6) is 1.34. The van der Waals surface area contributed by atoms with Gasteiger partial charge in [0, 0.05) is 12.6 Å². The maximum Gasteiger partial charge on any atom is 0.226 e. The molecule has 0 aliphatic rings. The van der Waals surface area contributed by atoms with Crippen molar-refractivity contribution in [2.45, 2.75) is 26.1 Å². The maximum atomic E-state index is 4.83. The van der Waals surface area contributed by atoms with Gasteiger partial charge in [0.15, 0.2) is 5.65 Å². The van der Waals surface area contributed by atoms with E-state index in [1.807, 2.05) is 65.5 Å². The van der Waals surface area contributed by atoms with Gasteiger partial charge in [0.25, 0.3) is 0 Å². The molecule has 0 saturated heterocycles. The first kappa shape index (κ1) is 20.7. The van der Waals surface area contributed by atoms with Crippen LogP contribution in [0.1, 0.15) is 29.7 Å². The third-order valence-corrected chi connectivity index (χ3v) is 5.62. The molecule has 2 heterocycles. The lowest BCUT2D eigenvalue weighted by Crippen LogP contribution is -2.12. The molecule has 0 radical (unpaired) electrons. The zero-order valence-corrected chi connectivity index (χ0v) is 18.5. The van der Waals surface area contributed by atoms with Crippen LogP contribution in [0.4, 0.5) is 11.8 Å². The molecule has 0 amide bonds. The molecular weight excluding hydrogens is 408 g/mol. The lowest BCUT2D eigenvalue weighted by molar-refractivity contribution is 0.704. The van der Waals surface area contributed by atoms with E-state index in [9.17, 15) is 0 Å². The van der Waals surface area contributed by atoms with Crippen LogP contribution in [-0.2, 0) is 13.1 Å². The summed E-state index contributed by atoms with van der Waals surface area (Å²) >= 11 is 0. The third-order valence-electron chi connectivity index (χ3n) is 5.62. The fraction of sp³-hybridized carbons (Fsp3) is 0.148. The Hall–Kier alpha value is -4.19. The van der Waals surface area contributed by atoms with Crippen LogP contribution in [0.25, 0.3) is 11.0 Å². The smallest absolute Gasteiger partial charge is 0.226 e. The number of nitrogens with one attached hydrogen (secondary N) is 2. The van der Waals surface area contributed by atoms with E-state index in [1.165, 1.54) is 16.7 Å². The van der Waals surface area contributed by atoms with Crippen molar-refractivity contribution in [3.8, 4) is 0 Å². The lowest BCUT2D eigenvalue weighted by atomic mass is 10.1. The van der Waals surface area contributed by atoms with Crippen LogP contribution >= 0.6 is 0 Å². The molecular formula is C27H26N6. The third kappa shape index (κ3) is 4.85. The second-order valence-corrected chi connectivity index (χ2v) is 8.04. The Labute approximate surface area is 193 Å².